The van der Waals surface area contributed by atoms with Crippen molar-refractivity contribution in [2.24, 2.45) is 16.6 Å². The number of primary amides is 1. The summed E-state index contributed by atoms with van der Waals surface area (Å²) >= 11 is 1.77. The molecule has 1 atom stereocenters. The molecule has 1 saturated heterocycles. The SMILES string of the molecule is CCNC(=NCc1ccc(C)cc1SC)NCCCN1CCCC(C(N)=O)C1.I. The maximum atomic E-state index is 11.4. The normalized spacial score (nSPS) is 17.5. The number of halogens is 1. The van der Waals surface area contributed by atoms with E-state index in [0.29, 0.717) is 6.54 Å². The number of guanidine groups is 1. The van der Waals surface area contributed by atoms with Crippen LogP contribution in [-0.2, 0) is 11.3 Å². The van der Waals surface area contributed by atoms with Crippen LogP contribution in [0.4, 0.5) is 0 Å². The Labute approximate surface area is 196 Å². The van der Waals surface area contributed by atoms with Gasteiger partial charge in [0, 0.05) is 24.5 Å². The highest BCUT2D eigenvalue weighted by molar-refractivity contribution is 14.0. The number of nitrogens with zero attached hydrogens (tertiary/aromatic N) is 2. The molecule has 0 aliphatic carbocycles. The average molecular weight is 534 g/mol. The molecule has 0 radical (unpaired) electrons. The second-order valence-corrected chi connectivity index (χ2v) is 8.18. The Morgan fingerprint density at radius 2 is 2.17 bits per heavy atom. The molecule has 29 heavy (non-hydrogen) atoms. The van der Waals surface area contributed by atoms with Gasteiger partial charge in [-0.3, -0.25) is 4.79 Å². The van der Waals surface area contributed by atoms with E-state index in [1.807, 2.05) is 0 Å². The molecule has 1 aromatic rings. The third-order valence-electron chi connectivity index (χ3n) is 5.05. The summed E-state index contributed by atoms with van der Waals surface area (Å²) in [6.07, 6.45) is 5.10. The van der Waals surface area contributed by atoms with Crippen LogP contribution < -0.4 is 16.4 Å². The van der Waals surface area contributed by atoms with Crippen LogP contribution in [0.3, 0.4) is 0 Å². The van der Waals surface area contributed by atoms with Gasteiger partial charge in [-0.25, -0.2) is 4.99 Å². The van der Waals surface area contributed by atoms with Gasteiger partial charge in [-0.15, -0.1) is 35.7 Å². The number of hydrogen-bond donors (Lipinski definition) is 3. The van der Waals surface area contributed by atoms with Gasteiger partial charge in [-0.05, 0) is 69.6 Å². The lowest BCUT2D eigenvalue weighted by atomic mass is 9.97. The minimum atomic E-state index is -0.162. The smallest absolute Gasteiger partial charge is 0.221 e. The van der Waals surface area contributed by atoms with Gasteiger partial charge in [0.1, 0.15) is 0 Å². The number of rotatable bonds is 9. The number of aliphatic imine (C=N–C) groups is 1. The van der Waals surface area contributed by atoms with E-state index in [1.54, 1.807) is 11.8 Å². The lowest BCUT2D eigenvalue weighted by Crippen LogP contribution is -2.43. The summed E-state index contributed by atoms with van der Waals surface area (Å²) in [6.45, 7) is 9.38. The fraction of sp³-hybridized carbons (Fsp3) is 0.619. The van der Waals surface area contributed by atoms with Gasteiger partial charge in [0.25, 0.3) is 0 Å². The van der Waals surface area contributed by atoms with Gasteiger partial charge < -0.3 is 21.3 Å². The number of likely N-dealkylation sites (tertiary alicyclic amines) is 1. The lowest BCUT2D eigenvalue weighted by molar-refractivity contribution is -0.123. The number of hydrogen-bond acceptors (Lipinski definition) is 4. The number of thioether (sulfide) groups is 1. The molecule has 1 aliphatic rings. The van der Waals surface area contributed by atoms with Crippen molar-refractivity contribution in [3.63, 3.8) is 0 Å². The van der Waals surface area contributed by atoms with Crippen molar-refractivity contribution in [3.05, 3.63) is 29.3 Å². The first-order valence-corrected chi connectivity index (χ1v) is 11.4. The van der Waals surface area contributed by atoms with Gasteiger partial charge in [0.15, 0.2) is 5.96 Å². The molecule has 6 nitrogen and oxygen atoms in total. The zero-order valence-electron chi connectivity index (χ0n) is 17.9. The van der Waals surface area contributed by atoms with Crippen LogP contribution in [0, 0.1) is 12.8 Å². The second kappa shape index (κ2) is 14.1. The first-order chi connectivity index (χ1) is 13.5. The van der Waals surface area contributed by atoms with Gasteiger partial charge >= 0.3 is 0 Å². The van der Waals surface area contributed by atoms with Crippen LogP contribution in [0.1, 0.15) is 37.3 Å². The van der Waals surface area contributed by atoms with E-state index in [9.17, 15) is 4.79 Å². The number of carbonyl (C=O) groups excluding carboxylic acids is 1. The van der Waals surface area contributed by atoms with Gasteiger partial charge in [0.2, 0.25) is 5.91 Å². The van der Waals surface area contributed by atoms with E-state index in [1.165, 1.54) is 16.0 Å². The Morgan fingerprint density at radius 1 is 1.38 bits per heavy atom. The number of nitrogens with two attached hydrogens (primary N) is 1. The lowest BCUT2D eigenvalue weighted by Gasteiger charge is -2.31. The first kappa shape index (κ1) is 26.0. The van der Waals surface area contributed by atoms with Crippen molar-refractivity contribution in [1.82, 2.24) is 15.5 Å². The summed E-state index contributed by atoms with van der Waals surface area (Å²) in [5.74, 6) is 0.703. The maximum absolute atomic E-state index is 11.4. The number of amides is 1. The molecule has 1 heterocycles. The molecule has 1 aliphatic heterocycles. The highest BCUT2D eigenvalue weighted by Gasteiger charge is 2.23. The molecule has 164 valence electrons. The Morgan fingerprint density at radius 3 is 2.86 bits per heavy atom. The van der Waals surface area contributed by atoms with E-state index in [4.69, 9.17) is 10.7 Å². The van der Waals surface area contributed by atoms with E-state index in [0.717, 1.165) is 57.9 Å². The third kappa shape index (κ3) is 9.13. The molecule has 1 fully saturated rings. The van der Waals surface area contributed by atoms with Crippen molar-refractivity contribution < 1.29 is 4.79 Å². The summed E-state index contributed by atoms with van der Waals surface area (Å²) in [6, 6.07) is 6.52. The fourth-order valence-electron chi connectivity index (χ4n) is 3.49. The maximum Gasteiger partial charge on any atom is 0.221 e. The number of benzene rings is 1. The highest BCUT2D eigenvalue weighted by atomic mass is 127. The summed E-state index contributed by atoms with van der Waals surface area (Å²) in [4.78, 5) is 19.8. The molecular weight excluding hydrogens is 497 g/mol. The van der Waals surface area contributed by atoms with Crippen molar-refractivity contribution in [1.29, 1.82) is 0 Å². The Kier molecular flexibility index (Phi) is 12.6. The highest BCUT2D eigenvalue weighted by Crippen LogP contribution is 2.22. The molecule has 1 aromatic carbocycles. The topological polar surface area (TPSA) is 82.8 Å². The second-order valence-electron chi connectivity index (χ2n) is 7.33. The van der Waals surface area contributed by atoms with E-state index in [2.05, 4.69) is 53.8 Å². The van der Waals surface area contributed by atoms with Crippen LogP contribution in [0.25, 0.3) is 0 Å². The average Bonchev–Trinajstić information content (AvgIpc) is 2.70. The van der Waals surface area contributed by atoms with Crippen LogP contribution in [0.5, 0.6) is 0 Å². The largest absolute Gasteiger partial charge is 0.369 e. The van der Waals surface area contributed by atoms with Crippen molar-refractivity contribution >= 4 is 47.6 Å². The van der Waals surface area contributed by atoms with Crippen molar-refractivity contribution in [2.45, 2.75) is 44.6 Å². The fourth-order valence-corrected chi connectivity index (χ4v) is 4.19. The Hall–Kier alpha value is -1.00. The van der Waals surface area contributed by atoms with Gasteiger partial charge in [-0.1, -0.05) is 12.1 Å². The summed E-state index contributed by atoms with van der Waals surface area (Å²) in [7, 11) is 0. The Bertz CT molecular complexity index is 670. The molecular formula is C21H36IN5OS. The molecule has 1 amide bonds. The van der Waals surface area contributed by atoms with Crippen LogP contribution in [0.15, 0.2) is 28.1 Å². The number of carbonyl (C=O) groups is 1. The van der Waals surface area contributed by atoms with Gasteiger partial charge in [0.05, 0.1) is 12.5 Å². The predicted molar refractivity (Wildman–Crippen MR) is 134 cm³/mol. The van der Waals surface area contributed by atoms with Crippen LogP contribution in [0.2, 0.25) is 0 Å². The zero-order chi connectivity index (χ0) is 20.4. The standard InChI is InChI=1S/C21H35N5OS.HI/c1-4-23-21(25-14-17-9-8-16(2)13-19(17)28-3)24-10-6-12-26-11-5-7-18(15-26)20(22)27;/h8-9,13,18H,4-7,10-12,14-15H2,1-3H3,(H2,22,27)(H2,23,24,25);1H. The van der Waals surface area contributed by atoms with Gasteiger partial charge in [-0.2, -0.15) is 0 Å². The quantitative estimate of drug-likeness (QED) is 0.150. The summed E-state index contributed by atoms with van der Waals surface area (Å²) in [5, 5.41) is 6.75. The van der Waals surface area contributed by atoms with E-state index >= 15 is 0 Å². The molecule has 0 aromatic heterocycles. The molecule has 0 saturated carbocycles. The monoisotopic (exact) mass is 533 g/mol. The Balaban J connectivity index is 0.00000420. The molecule has 2 rings (SSSR count). The number of piperidine rings is 1. The minimum Gasteiger partial charge on any atom is -0.369 e. The molecule has 0 bridgehead atoms. The van der Waals surface area contributed by atoms with Crippen LogP contribution in [-0.4, -0.2) is 55.7 Å². The minimum absolute atomic E-state index is 0. The van der Waals surface area contributed by atoms with E-state index < -0.39 is 0 Å². The van der Waals surface area contributed by atoms with Crippen molar-refractivity contribution in [2.75, 3.05) is 39.0 Å². The van der Waals surface area contributed by atoms with Crippen LogP contribution >= 0.6 is 35.7 Å². The molecule has 0 spiro atoms. The first-order valence-electron chi connectivity index (χ1n) is 10.2. The predicted octanol–water partition coefficient (Wildman–Crippen LogP) is 2.98. The van der Waals surface area contributed by atoms with E-state index in [-0.39, 0.29) is 35.8 Å². The number of nitrogens with one attached hydrogen (secondary N) is 2. The molecule has 4 N–H and O–H groups in total. The molecule has 8 heteroatoms. The zero-order valence-corrected chi connectivity index (χ0v) is 21.0. The van der Waals surface area contributed by atoms with Crippen molar-refractivity contribution in [3.8, 4) is 0 Å². The summed E-state index contributed by atoms with van der Waals surface area (Å²) < 4.78 is 0. The molecule has 1 unspecified atom stereocenters. The third-order valence-corrected chi connectivity index (χ3v) is 5.87. The number of aryl methyl sites for hydroxylation is 1. The summed E-state index contributed by atoms with van der Waals surface area (Å²) in [5.41, 5.74) is 7.99.